The molecule has 0 saturated heterocycles. The van der Waals surface area contributed by atoms with Crippen molar-refractivity contribution < 1.29 is 27.3 Å². The van der Waals surface area contributed by atoms with Gasteiger partial charge >= 0.3 is 23.9 Å². The third-order valence-corrected chi connectivity index (χ3v) is 4.04. The average Bonchev–Trinajstić information content (AvgIpc) is 3.11. The lowest BCUT2D eigenvalue weighted by Crippen LogP contribution is -2.43. The number of carbonyl (C=O) groups is 2. The van der Waals surface area contributed by atoms with Crippen molar-refractivity contribution in [3.8, 4) is 10.7 Å². The molecule has 0 radical (unpaired) electrons. The highest BCUT2D eigenvalue weighted by Crippen LogP contribution is 2.32. The normalized spacial score (nSPS) is 11.8. The van der Waals surface area contributed by atoms with Gasteiger partial charge < -0.3 is 15.2 Å². The molecule has 0 aliphatic rings. The summed E-state index contributed by atoms with van der Waals surface area (Å²) in [6, 6.07) is 2.84. The second kappa shape index (κ2) is 6.59. The molecule has 0 bridgehead atoms. The second-order valence-electron chi connectivity index (χ2n) is 5.08. The minimum Gasteiger partial charge on any atom is -0.361 e. The zero-order valence-corrected chi connectivity index (χ0v) is 13.4. The Hall–Kier alpha value is -2.43. The predicted molar refractivity (Wildman–Crippen MR) is 77.5 cm³/mol. The van der Waals surface area contributed by atoms with Crippen LogP contribution in [-0.4, -0.2) is 32.9 Å². The number of nitrogens with two attached hydrogens (primary N) is 1. The van der Waals surface area contributed by atoms with Gasteiger partial charge in [-0.3, -0.25) is 9.59 Å². The molecule has 7 nitrogen and oxygen atoms in total. The topological polar surface area (TPSA) is 102 Å². The lowest BCUT2D eigenvalue weighted by Gasteiger charge is -2.24. The second-order valence-corrected chi connectivity index (χ2v) is 6.25. The fraction of sp³-hybridized carbons (Fsp3) is 0.385. The lowest BCUT2D eigenvalue weighted by molar-refractivity contribution is -0.159. The van der Waals surface area contributed by atoms with Gasteiger partial charge in [0.15, 0.2) is 0 Å². The van der Waals surface area contributed by atoms with Crippen molar-refractivity contribution in [2.75, 3.05) is 0 Å². The number of halogens is 3. The smallest absolute Gasteiger partial charge is 0.361 e. The minimum atomic E-state index is -4.71. The van der Waals surface area contributed by atoms with Crippen LogP contribution in [0.1, 0.15) is 24.6 Å². The minimum absolute atomic E-state index is 0.0914. The van der Waals surface area contributed by atoms with Crippen molar-refractivity contribution in [1.29, 1.82) is 0 Å². The van der Waals surface area contributed by atoms with E-state index >= 15 is 0 Å². The number of alkyl halides is 3. The Morgan fingerprint density at radius 3 is 2.54 bits per heavy atom. The standard InChI is InChI=1S/C13H13F3N4O3S/c1-6(2)20(11(22)9(17)21)5-7-3-4-8(24-7)10-18-12(23-19-10)13(14,15)16/h3-4,6H,5H2,1-2H3,(H2,17,21). The predicted octanol–water partition coefficient (Wildman–Crippen LogP) is 2.04. The number of thiophene rings is 1. The molecule has 0 aliphatic heterocycles. The summed E-state index contributed by atoms with van der Waals surface area (Å²) < 4.78 is 41.6. The van der Waals surface area contributed by atoms with Crippen LogP contribution >= 0.6 is 11.3 Å². The van der Waals surface area contributed by atoms with E-state index in [9.17, 15) is 22.8 Å². The van der Waals surface area contributed by atoms with E-state index in [2.05, 4.69) is 14.7 Å². The zero-order valence-electron chi connectivity index (χ0n) is 12.6. The summed E-state index contributed by atoms with van der Waals surface area (Å²) >= 11 is 1.09. The van der Waals surface area contributed by atoms with Gasteiger partial charge in [0.2, 0.25) is 5.82 Å². The van der Waals surface area contributed by atoms with Crippen LogP contribution in [0.2, 0.25) is 0 Å². The molecule has 2 amide bonds. The van der Waals surface area contributed by atoms with Crippen molar-refractivity contribution in [2.45, 2.75) is 32.6 Å². The first-order chi connectivity index (χ1) is 11.1. The van der Waals surface area contributed by atoms with Gasteiger partial charge in [0.25, 0.3) is 0 Å². The highest BCUT2D eigenvalue weighted by Gasteiger charge is 2.38. The van der Waals surface area contributed by atoms with Gasteiger partial charge in [-0.25, -0.2) is 0 Å². The molecule has 0 atom stereocenters. The molecule has 2 rings (SSSR count). The quantitative estimate of drug-likeness (QED) is 0.839. The third-order valence-electron chi connectivity index (χ3n) is 2.97. The van der Waals surface area contributed by atoms with E-state index in [1.165, 1.54) is 11.0 Å². The fourth-order valence-corrected chi connectivity index (χ4v) is 2.75. The van der Waals surface area contributed by atoms with Crippen LogP contribution in [0, 0.1) is 0 Å². The highest BCUT2D eigenvalue weighted by molar-refractivity contribution is 7.15. The first kappa shape index (κ1) is 17.9. The number of hydrogen-bond acceptors (Lipinski definition) is 6. The van der Waals surface area contributed by atoms with Crippen LogP contribution in [0.15, 0.2) is 16.7 Å². The Morgan fingerprint density at radius 1 is 1.38 bits per heavy atom. The Balaban J connectivity index is 2.19. The number of aromatic nitrogens is 2. The molecule has 0 unspecified atom stereocenters. The van der Waals surface area contributed by atoms with E-state index in [0.717, 1.165) is 11.3 Å². The summed E-state index contributed by atoms with van der Waals surface area (Å²) in [7, 11) is 0. The zero-order chi connectivity index (χ0) is 18.1. The number of carbonyl (C=O) groups excluding carboxylic acids is 2. The van der Waals surface area contributed by atoms with Crippen molar-refractivity contribution in [3.63, 3.8) is 0 Å². The molecule has 0 saturated carbocycles. The molecule has 2 N–H and O–H groups in total. The van der Waals surface area contributed by atoms with Gasteiger partial charge in [-0.1, -0.05) is 5.16 Å². The van der Waals surface area contributed by atoms with Gasteiger partial charge in [0.05, 0.1) is 11.4 Å². The van der Waals surface area contributed by atoms with E-state index in [4.69, 9.17) is 5.73 Å². The summed E-state index contributed by atoms with van der Waals surface area (Å²) in [6.45, 7) is 3.52. The number of nitrogens with zero attached hydrogens (tertiary/aromatic N) is 3. The highest BCUT2D eigenvalue weighted by atomic mass is 32.1. The monoisotopic (exact) mass is 362 g/mol. The lowest BCUT2D eigenvalue weighted by atomic mass is 10.3. The van der Waals surface area contributed by atoms with Crippen LogP contribution < -0.4 is 5.73 Å². The van der Waals surface area contributed by atoms with E-state index in [-0.39, 0.29) is 18.4 Å². The van der Waals surface area contributed by atoms with Gasteiger partial charge in [-0.05, 0) is 26.0 Å². The van der Waals surface area contributed by atoms with Crippen molar-refractivity contribution in [2.24, 2.45) is 5.73 Å². The largest absolute Gasteiger partial charge is 0.471 e. The number of amides is 2. The average molecular weight is 362 g/mol. The summed E-state index contributed by atoms with van der Waals surface area (Å²) in [5.74, 6) is -3.54. The molecule has 0 fully saturated rings. The van der Waals surface area contributed by atoms with E-state index in [1.807, 2.05) is 0 Å². The first-order valence-electron chi connectivity index (χ1n) is 6.70. The van der Waals surface area contributed by atoms with Crippen LogP contribution in [0.4, 0.5) is 13.2 Å². The van der Waals surface area contributed by atoms with Crippen LogP contribution in [0.3, 0.4) is 0 Å². The summed E-state index contributed by atoms with van der Waals surface area (Å²) in [5.41, 5.74) is 5.00. The Morgan fingerprint density at radius 2 is 2.04 bits per heavy atom. The molecule has 11 heteroatoms. The molecule has 130 valence electrons. The number of rotatable bonds is 4. The van der Waals surface area contributed by atoms with Crippen LogP contribution in [0.5, 0.6) is 0 Å². The number of hydrogen-bond donors (Lipinski definition) is 1. The molecule has 2 aromatic rings. The van der Waals surface area contributed by atoms with Crippen LogP contribution in [0.25, 0.3) is 10.7 Å². The van der Waals surface area contributed by atoms with Crippen molar-refractivity contribution in [1.82, 2.24) is 15.0 Å². The summed E-state index contributed by atoms with van der Waals surface area (Å²) in [5, 5.41) is 3.29. The maximum atomic E-state index is 12.5. The molecule has 2 aromatic heterocycles. The van der Waals surface area contributed by atoms with Crippen LogP contribution in [-0.2, 0) is 22.3 Å². The molecule has 24 heavy (non-hydrogen) atoms. The number of primary amides is 1. The molecular formula is C13H13F3N4O3S. The summed E-state index contributed by atoms with van der Waals surface area (Å²) in [4.78, 5) is 28.4. The van der Waals surface area contributed by atoms with E-state index < -0.39 is 23.9 Å². The molecule has 0 aliphatic carbocycles. The third kappa shape index (κ3) is 3.91. The van der Waals surface area contributed by atoms with Gasteiger partial charge in [0.1, 0.15) is 0 Å². The fourth-order valence-electron chi connectivity index (χ4n) is 1.82. The first-order valence-corrected chi connectivity index (χ1v) is 7.51. The van der Waals surface area contributed by atoms with E-state index in [0.29, 0.717) is 9.75 Å². The Bertz CT molecular complexity index is 754. The van der Waals surface area contributed by atoms with Gasteiger partial charge in [-0.2, -0.15) is 18.2 Å². The van der Waals surface area contributed by atoms with Gasteiger partial charge in [0, 0.05) is 10.9 Å². The van der Waals surface area contributed by atoms with Gasteiger partial charge in [-0.15, -0.1) is 11.3 Å². The maximum Gasteiger partial charge on any atom is 0.471 e. The SMILES string of the molecule is CC(C)N(Cc1ccc(-c2noc(C(F)(F)F)n2)s1)C(=O)C(N)=O. The van der Waals surface area contributed by atoms with Crippen molar-refractivity contribution in [3.05, 3.63) is 22.9 Å². The molecule has 2 heterocycles. The molecular weight excluding hydrogens is 349 g/mol. The summed E-state index contributed by atoms with van der Waals surface area (Å²) in [6.07, 6.45) is -4.71. The maximum absolute atomic E-state index is 12.5. The van der Waals surface area contributed by atoms with E-state index in [1.54, 1.807) is 19.9 Å². The Labute approximate surface area is 138 Å². The Kier molecular flexibility index (Phi) is 4.92. The molecule has 0 aromatic carbocycles. The molecule has 0 spiro atoms. The van der Waals surface area contributed by atoms with Crippen molar-refractivity contribution >= 4 is 23.2 Å².